The monoisotopic (exact) mass is 768 g/mol. The third-order valence-corrected chi connectivity index (χ3v) is 10.6. The summed E-state index contributed by atoms with van der Waals surface area (Å²) in [6.45, 7) is 6.74. The summed E-state index contributed by atoms with van der Waals surface area (Å²) in [5, 5.41) is 20.4. The number of para-hydroxylation sites is 1. The van der Waals surface area contributed by atoms with Gasteiger partial charge in [-0.25, -0.2) is 18.2 Å². The quantitative estimate of drug-likeness (QED) is 0.150. The van der Waals surface area contributed by atoms with Gasteiger partial charge in [-0.2, -0.15) is 10.4 Å². The van der Waals surface area contributed by atoms with Gasteiger partial charge in [0.1, 0.15) is 23.3 Å². The number of imidazole rings is 1. The van der Waals surface area contributed by atoms with Crippen LogP contribution < -0.4 is 14.8 Å². The van der Waals surface area contributed by atoms with Crippen LogP contribution in [0.5, 0.6) is 11.5 Å². The highest BCUT2D eigenvalue weighted by atomic mass is 19.1. The maximum Gasteiger partial charge on any atom is 0.278 e. The number of H-pyrrole nitrogens is 1. The number of nitrogens with one attached hydrogen (secondary N) is 2. The van der Waals surface area contributed by atoms with Crippen LogP contribution in [0.3, 0.4) is 0 Å². The van der Waals surface area contributed by atoms with Gasteiger partial charge in [-0.3, -0.25) is 9.89 Å². The van der Waals surface area contributed by atoms with Crippen molar-refractivity contribution in [3.63, 3.8) is 0 Å². The van der Waals surface area contributed by atoms with Crippen LogP contribution in [0.4, 0.5) is 18.9 Å². The third kappa shape index (κ3) is 6.41. The number of carbonyl (C=O) groups is 1. The fraction of sp³-hybridized carbons (Fsp3) is 0.227. The Balaban J connectivity index is 1.00. The largest absolute Gasteiger partial charge is 0.444 e. The molecule has 2 N–H and O–H groups in total. The molecule has 0 saturated carbocycles. The molecule has 0 spiro atoms. The second kappa shape index (κ2) is 13.8. The van der Waals surface area contributed by atoms with Gasteiger partial charge in [0.25, 0.3) is 11.7 Å². The van der Waals surface area contributed by atoms with Gasteiger partial charge < -0.3 is 24.1 Å². The Bertz CT molecular complexity index is 2800. The summed E-state index contributed by atoms with van der Waals surface area (Å²) in [6.07, 6.45) is 0.774. The second-order valence-corrected chi connectivity index (χ2v) is 14.8. The van der Waals surface area contributed by atoms with E-state index in [0.717, 1.165) is 46.7 Å². The van der Waals surface area contributed by atoms with Crippen molar-refractivity contribution >= 4 is 33.5 Å². The summed E-state index contributed by atoms with van der Waals surface area (Å²) >= 11 is 0. The molecule has 1 unspecified atom stereocenters. The number of ether oxygens (including phenoxy) is 3. The number of hydrogen-bond donors (Lipinski definition) is 2. The SMILES string of the molecule is CC(C)c1[nH]nc2ccc(C(=O)Nc3ccc4c(c3)nc(Cc3cc(F)c(-c5cccc6c5OC(C)(c5ccc(C#N)cc5F)O6)cc3F)n4C[C@@H]3CCO3)cc12. The van der Waals surface area contributed by atoms with Gasteiger partial charge in [0, 0.05) is 53.4 Å². The molecular formula is C44H35F3N6O4. The van der Waals surface area contributed by atoms with Crippen LogP contribution >= 0.6 is 0 Å². The van der Waals surface area contributed by atoms with E-state index in [9.17, 15) is 4.79 Å². The molecule has 57 heavy (non-hydrogen) atoms. The van der Waals surface area contributed by atoms with Gasteiger partial charge in [0.2, 0.25) is 0 Å². The number of hydrogen-bond acceptors (Lipinski definition) is 7. The molecule has 0 radical (unpaired) electrons. The number of nitrogens with zero attached hydrogens (tertiary/aromatic N) is 4. The molecule has 2 aromatic heterocycles. The van der Waals surface area contributed by atoms with Crippen molar-refractivity contribution in [2.45, 2.75) is 58.0 Å². The summed E-state index contributed by atoms with van der Waals surface area (Å²) in [5.41, 5.74) is 4.50. The predicted molar refractivity (Wildman–Crippen MR) is 207 cm³/mol. The molecular weight excluding hydrogens is 734 g/mol. The number of carbonyl (C=O) groups excluding carboxylic acids is 1. The number of aromatic nitrogens is 4. The third-order valence-electron chi connectivity index (χ3n) is 10.6. The van der Waals surface area contributed by atoms with E-state index in [2.05, 4.69) is 29.4 Å². The van der Waals surface area contributed by atoms with Crippen molar-refractivity contribution in [1.82, 2.24) is 19.7 Å². The maximum atomic E-state index is 16.1. The molecule has 1 amide bonds. The van der Waals surface area contributed by atoms with Crippen molar-refractivity contribution in [2.75, 3.05) is 11.9 Å². The minimum absolute atomic E-state index is 0.0302. The normalized spacial score (nSPS) is 17.3. The molecule has 1 fully saturated rings. The lowest BCUT2D eigenvalue weighted by Crippen LogP contribution is -2.32. The first-order valence-corrected chi connectivity index (χ1v) is 18.6. The lowest BCUT2D eigenvalue weighted by molar-refractivity contribution is -0.0705. The van der Waals surface area contributed by atoms with Gasteiger partial charge in [-0.1, -0.05) is 26.0 Å². The Kier molecular flexibility index (Phi) is 8.74. The van der Waals surface area contributed by atoms with Crippen LogP contribution in [0.25, 0.3) is 33.1 Å². The van der Waals surface area contributed by atoms with Gasteiger partial charge in [-0.15, -0.1) is 0 Å². The number of fused-ring (bicyclic) bond motifs is 3. The number of benzene rings is 5. The molecule has 2 aliphatic rings. The Labute approximate surface area is 324 Å². The van der Waals surface area contributed by atoms with E-state index >= 15 is 13.2 Å². The van der Waals surface area contributed by atoms with E-state index in [0.29, 0.717) is 35.7 Å². The average molecular weight is 769 g/mol. The number of aromatic amines is 1. The molecule has 2 atom stereocenters. The van der Waals surface area contributed by atoms with E-state index in [1.54, 1.807) is 36.4 Å². The first kappa shape index (κ1) is 36.0. The lowest BCUT2D eigenvalue weighted by Gasteiger charge is -2.27. The average Bonchev–Trinajstić information content (AvgIpc) is 3.86. The smallest absolute Gasteiger partial charge is 0.278 e. The number of nitriles is 1. The first-order chi connectivity index (χ1) is 27.5. The summed E-state index contributed by atoms with van der Waals surface area (Å²) < 4.78 is 67.1. The Morgan fingerprint density at radius 3 is 2.58 bits per heavy atom. The minimum Gasteiger partial charge on any atom is -0.444 e. The standard InChI is InChI=1S/C44H35F3N6O4/c1-23(2)41-31-16-25(8-11-36(31)51-52-41)43(54)49-27-9-12-38-37(19-27)50-40(53(38)22-28-13-14-55-28)18-26-17-34(46)30(20-33(26)45)29-5-4-6-39-42(29)57-44(3,56-39)32-10-7-24(21-48)15-35(32)47/h4-12,15-17,19-20,23,28H,13-14,18,22H2,1-3H3,(H,49,54)(H,51,52)/t28-,44?/m0/s1. The van der Waals surface area contributed by atoms with Crippen molar-refractivity contribution in [1.29, 1.82) is 5.26 Å². The number of rotatable bonds is 9. The van der Waals surface area contributed by atoms with Gasteiger partial charge in [-0.05, 0) is 90.7 Å². The topological polar surface area (TPSA) is 127 Å². The van der Waals surface area contributed by atoms with Crippen molar-refractivity contribution in [3.8, 4) is 28.7 Å². The zero-order chi connectivity index (χ0) is 39.6. The Morgan fingerprint density at radius 1 is 0.982 bits per heavy atom. The van der Waals surface area contributed by atoms with E-state index in [4.69, 9.17) is 24.5 Å². The molecule has 0 aliphatic carbocycles. The van der Waals surface area contributed by atoms with Crippen molar-refractivity contribution < 1.29 is 32.2 Å². The molecule has 9 rings (SSSR count). The minimum atomic E-state index is -1.62. The predicted octanol–water partition coefficient (Wildman–Crippen LogP) is 9.27. The zero-order valence-corrected chi connectivity index (χ0v) is 31.1. The summed E-state index contributed by atoms with van der Waals surface area (Å²) in [7, 11) is 0. The fourth-order valence-corrected chi connectivity index (χ4v) is 7.54. The Hall–Kier alpha value is -6.65. The number of halogens is 3. The highest BCUT2D eigenvalue weighted by Crippen LogP contribution is 2.50. The van der Waals surface area contributed by atoms with Gasteiger partial charge >= 0.3 is 0 Å². The number of amides is 1. The summed E-state index contributed by atoms with van der Waals surface area (Å²) in [5.74, 6) is -2.92. The molecule has 286 valence electrons. The zero-order valence-electron chi connectivity index (χ0n) is 31.1. The molecule has 5 aromatic carbocycles. The van der Waals surface area contributed by atoms with Gasteiger partial charge in [0.05, 0.1) is 46.4 Å². The highest BCUT2D eigenvalue weighted by molar-refractivity contribution is 6.07. The van der Waals surface area contributed by atoms with Crippen molar-refractivity contribution in [3.05, 3.63) is 136 Å². The molecule has 0 bridgehead atoms. The van der Waals surface area contributed by atoms with Crippen LogP contribution in [-0.4, -0.2) is 38.4 Å². The second-order valence-electron chi connectivity index (χ2n) is 14.8. The molecule has 1 saturated heterocycles. The van der Waals surface area contributed by atoms with Crippen molar-refractivity contribution in [2.24, 2.45) is 0 Å². The maximum absolute atomic E-state index is 16.1. The molecule has 2 aliphatic heterocycles. The fourth-order valence-electron chi connectivity index (χ4n) is 7.54. The van der Waals surface area contributed by atoms with Crippen LogP contribution in [0.1, 0.15) is 71.7 Å². The van der Waals surface area contributed by atoms with Gasteiger partial charge in [0.15, 0.2) is 11.5 Å². The van der Waals surface area contributed by atoms with Crippen LogP contribution in [0.15, 0.2) is 84.9 Å². The molecule has 10 nitrogen and oxygen atoms in total. The summed E-state index contributed by atoms with van der Waals surface area (Å²) in [6, 6.07) is 23.7. The van der Waals surface area contributed by atoms with E-state index in [1.165, 1.54) is 19.1 Å². The van der Waals surface area contributed by atoms with E-state index in [1.807, 2.05) is 28.8 Å². The first-order valence-electron chi connectivity index (χ1n) is 18.6. The van der Waals surface area contributed by atoms with Crippen LogP contribution in [0.2, 0.25) is 0 Å². The van der Waals surface area contributed by atoms with E-state index in [-0.39, 0.29) is 63.7 Å². The molecule has 7 aromatic rings. The van der Waals surface area contributed by atoms with Crippen LogP contribution in [-0.2, 0) is 23.5 Å². The highest BCUT2D eigenvalue weighted by Gasteiger charge is 2.42. The number of anilines is 1. The molecule has 4 heterocycles. The van der Waals surface area contributed by atoms with E-state index < -0.39 is 23.2 Å². The lowest BCUT2D eigenvalue weighted by atomic mass is 10.00. The van der Waals surface area contributed by atoms with Crippen LogP contribution in [0, 0.1) is 28.8 Å². The Morgan fingerprint density at radius 2 is 1.82 bits per heavy atom. The molecule has 13 heteroatoms. The summed E-state index contributed by atoms with van der Waals surface area (Å²) in [4.78, 5) is 18.3.